The first-order chi connectivity index (χ1) is 4.33. The molecule has 0 saturated carbocycles. The van der Waals surface area contributed by atoms with Crippen LogP contribution in [0.3, 0.4) is 0 Å². The number of nitriles is 2. The predicted molar refractivity (Wildman–Crippen MR) is 38.1 cm³/mol. The third-order valence-electron chi connectivity index (χ3n) is 0.930. The van der Waals surface area contributed by atoms with E-state index in [0.717, 1.165) is 0 Å². The molecule has 0 atom stereocenters. The fraction of sp³-hybridized carbons (Fsp3) is 0.200. The molecule has 0 spiro atoms. The summed E-state index contributed by atoms with van der Waals surface area (Å²) in [5, 5.41) is 16.7. The minimum atomic E-state index is -1.33. The molecule has 0 bridgehead atoms. The van der Waals surface area contributed by atoms with Crippen LogP contribution < -0.4 is 0 Å². The maximum atomic E-state index is 8.34. The molecule has 0 amide bonds. The van der Waals surface area contributed by atoms with E-state index < -0.39 is 5.54 Å². The number of hydrogen-bond donors (Lipinski definition) is 0. The Morgan fingerprint density at radius 2 is 1.90 bits per heavy atom. The van der Waals surface area contributed by atoms with E-state index in [0.29, 0.717) is 0 Å². The number of nitrogens with zero attached hydrogens (tertiary/aromatic N) is 4. The molecular formula is C5H3LiN4. The number of hydrogen-bond acceptors (Lipinski definition) is 4. The molecule has 5 heteroatoms. The van der Waals surface area contributed by atoms with Gasteiger partial charge >= 0.3 is 18.9 Å². The molecule has 0 N–H and O–H groups in total. The number of rotatable bonds is 0. The average molecular weight is 126 g/mol. The third kappa shape index (κ3) is 1.25. The standard InChI is InChI=1S/C5H2N4.Li.H/c6-1-5(2-7)3-8-4-9-5;;/h3-4H;;. The van der Waals surface area contributed by atoms with Gasteiger partial charge in [-0.05, 0) is 0 Å². The van der Waals surface area contributed by atoms with Crippen LogP contribution in [0, 0.1) is 22.7 Å². The van der Waals surface area contributed by atoms with Crippen molar-refractivity contribution >= 4 is 31.4 Å². The van der Waals surface area contributed by atoms with Gasteiger partial charge in [0.1, 0.15) is 18.5 Å². The Kier molecular flexibility index (Phi) is 2.83. The van der Waals surface area contributed by atoms with Gasteiger partial charge in [-0.2, -0.15) is 10.5 Å². The van der Waals surface area contributed by atoms with Crippen molar-refractivity contribution in [3.63, 3.8) is 0 Å². The monoisotopic (exact) mass is 126 g/mol. The molecule has 0 aliphatic carbocycles. The van der Waals surface area contributed by atoms with Crippen molar-refractivity contribution in [2.45, 2.75) is 5.54 Å². The van der Waals surface area contributed by atoms with Crippen LogP contribution in [0.4, 0.5) is 0 Å². The zero-order valence-electron chi connectivity index (χ0n) is 4.44. The Bertz CT molecular complexity index is 226. The second-order valence-electron chi connectivity index (χ2n) is 1.51. The molecule has 10 heavy (non-hydrogen) atoms. The van der Waals surface area contributed by atoms with Crippen molar-refractivity contribution in [2.75, 3.05) is 0 Å². The summed E-state index contributed by atoms with van der Waals surface area (Å²) in [5.74, 6) is 0. The van der Waals surface area contributed by atoms with Crippen LogP contribution in [-0.4, -0.2) is 37.0 Å². The zero-order valence-corrected chi connectivity index (χ0v) is 4.44. The van der Waals surface area contributed by atoms with E-state index in [1.165, 1.54) is 12.6 Å². The molecule has 1 rings (SSSR count). The van der Waals surface area contributed by atoms with E-state index >= 15 is 0 Å². The zero-order chi connectivity index (χ0) is 6.74. The normalized spacial score (nSPS) is 17.0. The van der Waals surface area contributed by atoms with E-state index in [2.05, 4.69) is 9.98 Å². The molecule has 0 aromatic rings. The Morgan fingerprint density at radius 3 is 2.10 bits per heavy atom. The van der Waals surface area contributed by atoms with Crippen LogP contribution in [0.2, 0.25) is 0 Å². The molecule has 0 aromatic heterocycles. The van der Waals surface area contributed by atoms with Crippen molar-refractivity contribution in [3.8, 4) is 12.1 Å². The van der Waals surface area contributed by atoms with Crippen LogP contribution in [0.25, 0.3) is 0 Å². The van der Waals surface area contributed by atoms with Crippen molar-refractivity contribution in [2.24, 2.45) is 9.98 Å². The quantitative estimate of drug-likeness (QED) is 0.400. The van der Waals surface area contributed by atoms with Gasteiger partial charge in [-0.3, -0.25) is 0 Å². The third-order valence-corrected chi connectivity index (χ3v) is 0.930. The molecule has 0 unspecified atom stereocenters. The molecule has 1 heterocycles. The second kappa shape index (κ2) is 3.18. The van der Waals surface area contributed by atoms with E-state index in [1.807, 2.05) is 0 Å². The van der Waals surface area contributed by atoms with Gasteiger partial charge in [0.05, 0.1) is 6.21 Å². The van der Waals surface area contributed by atoms with Crippen molar-refractivity contribution in [1.29, 1.82) is 10.5 Å². The van der Waals surface area contributed by atoms with Crippen LogP contribution in [0.5, 0.6) is 0 Å². The summed E-state index contributed by atoms with van der Waals surface area (Å²) in [6, 6.07) is 3.44. The number of aliphatic imine (C=N–C) groups is 2. The Labute approximate surface area is 70.1 Å². The predicted octanol–water partition coefficient (Wildman–Crippen LogP) is -0.763. The Morgan fingerprint density at radius 1 is 1.30 bits per heavy atom. The van der Waals surface area contributed by atoms with E-state index in [-0.39, 0.29) is 18.9 Å². The molecular weight excluding hydrogens is 123 g/mol. The van der Waals surface area contributed by atoms with Gasteiger partial charge in [0.2, 0.25) is 0 Å². The van der Waals surface area contributed by atoms with Gasteiger partial charge in [0.15, 0.2) is 0 Å². The van der Waals surface area contributed by atoms with Gasteiger partial charge < -0.3 is 0 Å². The summed E-state index contributed by atoms with van der Waals surface area (Å²) in [6.45, 7) is 0. The van der Waals surface area contributed by atoms with Gasteiger partial charge in [-0.1, -0.05) is 0 Å². The molecule has 0 aromatic carbocycles. The summed E-state index contributed by atoms with van der Waals surface area (Å²) in [4.78, 5) is 7.05. The first-order valence-corrected chi connectivity index (χ1v) is 2.23. The van der Waals surface area contributed by atoms with Crippen molar-refractivity contribution in [1.82, 2.24) is 0 Å². The van der Waals surface area contributed by atoms with Crippen LogP contribution in [-0.2, 0) is 0 Å². The summed E-state index contributed by atoms with van der Waals surface area (Å²) in [6.07, 6.45) is 2.42. The molecule has 0 radical (unpaired) electrons. The second-order valence-corrected chi connectivity index (χ2v) is 1.51. The fourth-order valence-corrected chi connectivity index (χ4v) is 0.439. The maximum absolute atomic E-state index is 8.34. The summed E-state index contributed by atoms with van der Waals surface area (Å²) >= 11 is 0. The summed E-state index contributed by atoms with van der Waals surface area (Å²) in [5.41, 5.74) is -1.33. The first kappa shape index (κ1) is 8.92. The topological polar surface area (TPSA) is 72.3 Å². The van der Waals surface area contributed by atoms with Crippen molar-refractivity contribution < 1.29 is 0 Å². The van der Waals surface area contributed by atoms with E-state index in [9.17, 15) is 0 Å². The average Bonchev–Trinajstić information content (AvgIpc) is 2.36. The van der Waals surface area contributed by atoms with Gasteiger partial charge in [0.25, 0.3) is 5.54 Å². The van der Waals surface area contributed by atoms with Crippen LogP contribution >= 0.6 is 0 Å². The summed E-state index contributed by atoms with van der Waals surface area (Å²) in [7, 11) is 0. The Balaban J connectivity index is 0.000000810. The van der Waals surface area contributed by atoms with Gasteiger partial charge in [-0.25, -0.2) is 9.98 Å². The summed E-state index contributed by atoms with van der Waals surface area (Å²) < 4.78 is 0. The van der Waals surface area contributed by atoms with E-state index in [4.69, 9.17) is 10.5 Å². The molecule has 44 valence electrons. The van der Waals surface area contributed by atoms with Crippen LogP contribution in [0.15, 0.2) is 9.98 Å². The van der Waals surface area contributed by atoms with Crippen LogP contribution in [0.1, 0.15) is 0 Å². The van der Waals surface area contributed by atoms with Crippen molar-refractivity contribution in [3.05, 3.63) is 0 Å². The first-order valence-electron chi connectivity index (χ1n) is 2.23. The molecule has 1 aliphatic heterocycles. The van der Waals surface area contributed by atoms with Gasteiger partial charge in [-0.15, -0.1) is 0 Å². The molecule has 0 saturated heterocycles. The SMILES string of the molecule is N#CC1(C#N)C=NC=N1.[LiH]. The minimum absolute atomic E-state index is 0. The molecule has 4 nitrogen and oxygen atoms in total. The van der Waals surface area contributed by atoms with Gasteiger partial charge in [0, 0.05) is 0 Å². The Hall–Kier alpha value is -1.08. The molecule has 0 fully saturated rings. The van der Waals surface area contributed by atoms with E-state index in [1.54, 1.807) is 12.1 Å². The fourth-order valence-electron chi connectivity index (χ4n) is 0.439. The molecule has 1 aliphatic rings.